The topological polar surface area (TPSA) is 75.6 Å². The Balaban J connectivity index is 1.47. The lowest BCUT2D eigenvalue weighted by atomic mass is 10.2. The van der Waals surface area contributed by atoms with Gasteiger partial charge in [-0.05, 0) is 55.8 Å². The van der Waals surface area contributed by atoms with Crippen LogP contribution in [0.5, 0.6) is 0 Å². The van der Waals surface area contributed by atoms with Crippen LogP contribution in [0.2, 0.25) is 0 Å². The van der Waals surface area contributed by atoms with Crippen molar-refractivity contribution in [2.45, 2.75) is 13.8 Å². The highest BCUT2D eigenvalue weighted by Crippen LogP contribution is 2.27. The molecule has 0 aliphatic carbocycles. The summed E-state index contributed by atoms with van der Waals surface area (Å²) in [7, 11) is 0. The molecular formula is C19H17N5OS. The number of nitrogens with zero attached hydrogens (tertiary/aromatic N) is 3. The first-order chi connectivity index (χ1) is 12.6. The number of hydrogen-bond donors (Lipinski definition) is 2. The minimum atomic E-state index is -0.200. The third-order valence-electron chi connectivity index (χ3n) is 3.93. The molecule has 2 N–H and O–H groups in total. The second-order valence-corrected chi connectivity index (χ2v) is 7.33. The number of aromatic amines is 1. The number of nitrogens with one attached hydrogen (secondary N) is 2. The van der Waals surface area contributed by atoms with Crippen LogP contribution in [0, 0.1) is 13.8 Å². The van der Waals surface area contributed by atoms with Gasteiger partial charge in [-0.15, -0.1) is 11.3 Å². The Morgan fingerprint density at radius 2 is 1.96 bits per heavy atom. The van der Waals surface area contributed by atoms with Crippen LogP contribution in [0.25, 0.3) is 16.3 Å². The van der Waals surface area contributed by atoms with Gasteiger partial charge in [0.05, 0.1) is 22.5 Å². The fraction of sp³-hybridized carbons (Fsp3) is 0.105. The number of amides is 1. The second-order valence-electron chi connectivity index (χ2n) is 6.04. The largest absolute Gasteiger partial charge is 0.305 e. The van der Waals surface area contributed by atoms with E-state index in [2.05, 4.69) is 33.6 Å². The molecule has 0 spiro atoms. The normalized spacial score (nSPS) is 10.8. The van der Waals surface area contributed by atoms with E-state index >= 15 is 0 Å². The van der Waals surface area contributed by atoms with E-state index in [4.69, 9.17) is 0 Å². The minimum absolute atomic E-state index is 0.200. The standard InChI is InChI=1S/C19H17N5OS/c1-12-10-20-24(11-12)15-6-4-14(5-7-15)19(25)21-18-9-16(22-23-18)17-8-3-13(2)26-17/h3-11H,1-2H3,(H2,21,22,23,25). The molecule has 7 heteroatoms. The number of rotatable bonds is 4. The first-order valence-electron chi connectivity index (χ1n) is 8.14. The number of aromatic nitrogens is 4. The number of benzene rings is 1. The van der Waals surface area contributed by atoms with Crippen LogP contribution in [-0.4, -0.2) is 25.9 Å². The van der Waals surface area contributed by atoms with E-state index < -0.39 is 0 Å². The van der Waals surface area contributed by atoms with E-state index in [0.29, 0.717) is 11.4 Å². The number of thiophene rings is 1. The number of H-pyrrole nitrogens is 1. The third-order valence-corrected chi connectivity index (χ3v) is 4.96. The first kappa shape index (κ1) is 16.3. The Morgan fingerprint density at radius 1 is 1.15 bits per heavy atom. The minimum Gasteiger partial charge on any atom is -0.305 e. The zero-order valence-electron chi connectivity index (χ0n) is 14.4. The molecule has 1 amide bonds. The van der Waals surface area contributed by atoms with Gasteiger partial charge in [0, 0.05) is 22.7 Å². The zero-order valence-corrected chi connectivity index (χ0v) is 15.2. The van der Waals surface area contributed by atoms with Gasteiger partial charge >= 0.3 is 0 Å². The summed E-state index contributed by atoms with van der Waals surface area (Å²) in [5.41, 5.74) is 3.45. The fourth-order valence-corrected chi connectivity index (χ4v) is 3.43. The maximum Gasteiger partial charge on any atom is 0.256 e. The highest BCUT2D eigenvalue weighted by molar-refractivity contribution is 7.15. The van der Waals surface area contributed by atoms with Crippen LogP contribution in [0.1, 0.15) is 20.8 Å². The molecule has 0 radical (unpaired) electrons. The van der Waals surface area contributed by atoms with Gasteiger partial charge < -0.3 is 5.32 Å². The lowest BCUT2D eigenvalue weighted by Crippen LogP contribution is -2.12. The molecule has 0 bridgehead atoms. The third kappa shape index (κ3) is 3.29. The molecule has 3 aromatic heterocycles. The predicted octanol–water partition coefficient (Wildman–Crippen LogP) is 4.19. The first-order valence-corrected chi connectivity index (χ1v) is 8.95. The number of carbonyl (C=O) groups is 1. The van der Waals surface area contributed by atoms with Crippen LogP contribution in [0.3, 0.4) is 0 Å². The number of hydrogen-bond acceptors (Lipinski definition) is 4. The summed E-state index contributed by atoms with van der Waals surface area (Å²) in [6, 6.07) is 13.2. The Bertz CT molecular complexity index is 1060. The van der Waals surface area contributed by atoms with Gasteiger partial charge in [-0.3, -0.25) is 9.89 Å². The van der Waals surface area contributed by atoms with Crippen molar-refractivity contribution in [2.75, 3.05) is 5.32 Å². The lowest BCUT2D eigenvalue weighted by Gasteiger charge is -2.04. The monoisotopic (exact) mass is 363 g/mol. The SMILES string of the molecule is Cc1cnn(-c2ccc(C(=O)Nc3cc(-c4ccc(C)s4)[nH]n3)cc2)c1. The molecule has 0 saturated carbocycles. The zero-order chi connectivity index (χ0) is 18.1. The van der Waals surface area contributed by atoms with Crippen molar-refractivity contribution >= 4 is 23.1 Å². The molecule has 0 aliphatic rings. The molecule has 3 heterocycles. The predicted molar refractivity (Wildman–Crippen MR) is 103 cm³/mol. The van der Waals surface area contributed by atoms with Crippen molar-refractivity contribution in [3.63, 3.8) is 0 Å². The number of aryl methyl sites for hydroxylation is 2. The molecule has 0 fully saturated rings. The fourth-order valence-electron chi connectivity index (χ4n) is 2.60. The maximum absolute atomic E-state index is 12.4. The van der Waals surface area contributed by atoms with Gasteiger partial charge in [-0.1, -0.05) is 0 Å². The second kappa shape index (κ2) is 6.61. The van der Waals surface area contributed by atoms with Crippen molar-refractivity contribution in [2.24, 2.45) is 0 Å². The highest BCUT2D eigenvalue weighted by Gasteiger charge is 2.11. The van der Waals surface area contributed by atoms with Crippen molar-refractivity contribution in [1.29, 1.82) is 0 Å². The summed E-state index contributed by atoms with van der Waals surface area (Å²) < 4.78 is 1.78. The average molecular weight is 363 g/mol. The van der Waals surface area contributed by atoms with Crippen LogP contribution in [0.15, 0.2) is 54.9 Å². The molecule has 1 aromatic carbocycles. The molecule has 0 aliphatic heterocycles. The summed E-state index contributed by atoms with van der Waals surface area (Å²) in [6.45, 7) is 4.04. The summed E-state index contributed by atoms with van der Waals surface area (Å²) in [5.74, 6) is 0.302. The Hall–Kier alpha value is -3.19. The van der Waals surface area contributed by atoms with Crippen molar-refractivity contribution in [1.82, 2.24) is 20.0 Å². The van der Waals surface area contributed by atoms with Crippen molar-refractivity contribution < 1.29 is 4.79 Å². The number of carbonyl (C=O) groups excluding carboxylic acids is 1. The van der Waals surface area contributed by atoms with E-state index in [9.17, 15) is 4.79 Å². The van der Waals surface area contributed by atoms with Crippen molar-refractivity contribution in [3.8, 4) is 16.3 Å². The molecule has 4 aromatic rings. The molecule has 6 nitrogen and oxygen atoms in total. The lowest BCUT2D eigenvalue weighted by molar-refractivity contribution is 0.102. The molecule has 0 unspecified atom stereocenters. The van der Waals surface area contributed by atoms with Gasteiger partial charge in [0.15, 0.2) is 5.82 Å². The van der Waals surface area contributed by atoms with Gasteiger partial charge in [0.2, 0.25) is 0 Å². The van der Waals surface area contributed by atoms with Gasteiger partial charge in [-0.25, -0.2) is 4.68 Å². The van der Waals surface area contributed by atoms with Gasteiger partial charge in [0.25, 0.3) is 5.91 Å². The van der Waals surface area contributed by atoms with E-state index in [1.54, 1.807) is 34.3 Å². The quantitative estimate of drug-likeness (QED) is 0.571. The molecule has 0 saturated heterocycles. The Morgan fingerprint density at radius 3 is 2.62 bits per heavy atom. The average Bonchev–Trinajstić information content (AvgIpc) is 3.36. The van der Waals surface area contributed by atoms with Gasteiger partial charge in [0.1, 0.15) is 0 Å². The van der Waals surface area contributed by atoms with Crippen LogP contribution < -0.4 is 5.32 Å². The smallest absolute Gasteiger partial charge is 0.256 e. The molecule has 130 valence electrons. The van der Waals surface area contributed by atoms with E-state index in [0.717, 1.165) is 21.8 Å². The van der Waals surface area contributed by atoms with E-state index in [-0.39, 0.29) is 5.91 Å². The van der Waals surface area contributed by atoms with Crippen molar-refractivity contribution in [3.05, 3.63) is 70.9 Å². The Labute approximate surface area is 154 Å². The van der Waals surface area contributed by atoms with E-state index in [1.165, 1.54) is 4.88 Å². The summed E-state index contributed by atoms with van der Waals surface area (Å²) in [6.07, 6.45) is 3.73. The Kier molecular flexibility index (Phi) is 4.14. The summed E-state index contributed by atoms with van der Waals surface area (Å²) in [5, 5.41) is 14.2. The van der Waals surface area contributed by atoms with Crippen LogP contribution in [0.4, 0.5) is 5.82 Å². The van der Waals surface area contributed by atoms with Crippen LogP contribution >= 0.6 is 11.3 Å². The highest BCUT2D eigenvalue weighted by atomic mass is 32.1. The van der Waals surface area contributed by atoms with Gasteiger partial charge in [-0.2, -0.15) is 10.2 Å². The van der Waals surface area contributed by atoms with Crippen LogP contribution in [-0.2, 0) is 0 Å². The molecule has 0 atom stereocenters. The summed E-state index contributed by atoms with van der Waals surface area (Å²) >= 11 is 1.68. The molecular weight excluding hydrogens is 346 g/mol. The molecule has 26 heavy (non-hydrogen) atoms. The number of anilines is 1. The maximum atomic E-state index is 12.4. The van der Waals surface area contributed by atoms with E-state index in [1.807, 2.05) is 37.4 Å². The summed E-state index contributed by atoms with van der Waals surface area (Å²) in [4.78, 5) is 14.8. The molecule has 4 rings (SSSR count).